The van der Waals surface area contributed by atoms with E-state index >= 15 is 0 Å². The minimum absolute atomic E-state index is 0.0482. The van der Waals surface area contributed by atoms with E-state index in [2.05, 4.69) is 60.4 Å². The van der Waals surface area contributed by atoms with Crippen LogP contribution in [0.1, 0.15) is 30.6 Å². The van der Waals surface area contributed by atoms with Gasteiger partial charge in [-0.05, 0) is 30.0 Å². The Kier molecular flexibility index (Phi) is 5.68. The van der Waals surface area contributed by atoms with Crippen LogP contribution in [0.25, 0.3) is 0 Å². The van der Waals surface area contributed by atoms with Gasteiger partial charge in [-0.15, -0.1) is 11.8 Å². The summed E-state index contributed by atoms with van der Waals surface area (Å²) in [6, 6.07) is 19.2. The van der Waals surface area contributed by atoms with E-state index in [0.717, 1.165) is 45.0 Å². The molecule has 1 N–H and O–H groups in total. The van der Waals surface area contributed by atoms with Gasteiger partial charge in [-0.2, -0.15) is 0 Å². The summed E-state index contributed by atoms with van der Waals surface area (Å²) < 4.78 is 5.59. The first-order chi connectivity index (χ1) is 14.7. The van der Waals surface area contributed by atoms with Crippen molar-refractivity contribution in [2.75, 3.05) is 37.9 Å². The van der Waals surface area contributed by atoms with Gasteiger partial charge in [0.05, 0.1) is 24.2 Å². The molecule has 5 heteroatoms. The highest BCUT2D eigenvalue weighted by Gasteiger charge is 2.39. The number of nitrogens with one attached hydrogen (secondary N) is 1. The molecule has 1 saturated heterocycles. The lowest BCUT2D eigenvalue weighted by Gasteiger charge is -2.36. The Labute approximate surface area is 182 Å². The second-order valence-electron chi connectivity index (χ2n) is 8.62. The number of ether oxygens (including phenoxy) is 1. The van der Waals surface area contributed by atoms with Crippen LogP contribution in [0.3, 0.4) is 0 Å². The molecule has 2 aromatic rings. The zero-order valence-electron chi connectivity index (χ0n) is 17.5. The molecule has 0 radical (unpaired) electrons. The monoisotopic (exact) mass is 421 g/mol. The van der Waals surface area contributed by atoms with Crippen molar-refractivity contribution in [3.05, 3.63) is 71.4 Å². The number of hydrogen-bond acceptors (Lipinski definition) is 4. The number of fused-ring (bicyclic) bond motifs is 1. The van der Waals surface area contributed by atoms with Crippen molar-refractivity contribution in [3.8, 4) is 0 Å². The number of carbonyl (C=O) groups excluding carboxylic acids is 1. The van der Waals surface area contributed by atoms with E-state index in [9.17, 15) is 4.79 Å². The normalized spacial score (nSPS) is 25.0. The minimum atomic E-state index is 0.0482. The number of anilines is 1. The standard InChI is InChI=1S/C25H28N2O2S/c1-18-15-21-24(22(28)16-18)25(19-7-3-2-4-8-19)30-23-10-6-5-9-20(23)27(21)17-26-11-13-29-14-12-26/h2-10,18,25H,11-17H2,1H3/p+1/t18-,25+/m0/s1. The molecule has 4 nitrogen and oxygen atoms in total. The molecule has 2 atom stereocenters. The van der Waals surface area contributed by atoms with Crippen LogP contribution in [0, 0.1) is 5.92 Å². The first-order valence-corrected chi connectivity index (χ1v) is 11.8. The first-order valence-electron chi connectivity index (χ1n) is 11.0. The number of carbonyl (C=O) groups is 1. The second kappa shape index (κ2) is 8.58. The quantitative estimate of drug-likeness (QED) is 0.823. The highest BCUT2D eigenvalue weighted by atomic mass is 32.2. The average molecular weight is 422 g/mol. The summed E-state index contributed by atoms with van der Waals surface area (Å²) in [7, 11) is 0. The SMILES string of the molecule is C[C@@H]1CC(=O)C2=C(C1)N(C[NH+]1CCOCC1)c1ccccc1S[C@@H]2c1ccccc1. The summed E-state index contributed by atoms with van der Waals surface area (Å²) in [5.41, 5.74) is 4.72. The second-order valence-corrected chi connectivity index (χ2v) is 9.77. The Morgan fingerprint density at radius 2 is 1.77 bits per heavy atom. The van der Waals surface area contributed by atoms with E-state index in [0.29, 0.717) is 18.1 Å². The fourth-order valence-electron chi connectivity index (χ4n) is 4.85. The summed E-state index contributed by atoms with van der Waals surface area (Å²) in [5, 5.41) is 0.0482. The van der Waals surface area contributed by atoms with Crippen LogP contribution >= 0.6 is 11.8 Å². The molecule has 0 spiro atoms. The number of hydrogen-bond donors (Lipinski definition) is 1. The Bertz CT molecular complexity index is 953. The van der Waals surface area contributed by atoms with Crippen molar-refractivity contribution in [2.45, 2.75) is 29.9 Å². The van der Waals surface area contributed by atoms with Gasteiger partial charge in [0.2, 0.25) is 0 Å². The highest BCUT2D eigenvalue weighted by molar-refractivity contribution is 8.00. The lowest BCUT2D eigenvalue weighted by Crippen LogP contribution is -3.15. The third kappa shape index (κ3) is 3.82. The summed E-state index contributed by atoms with van der Waals surface area (Å²) >= 11 is 1.83. The van der Waals surface area contributed by atoms with Crippen LogP contribution in [0.2, 0.25) is 0 Å². The van der Waals surface area contributed by atoms with E-state index in [-0.39, 0.29) is 5.25 Å². The fourth-order valence-corrected chi connectivity index (χ4v) is 6.24. The third-order valence-corrected chi connectivity index (χ3v) is 7.70. The maximum atomic E-state index is 13.4. The molecule has 2 aliphatic heterocycles. The molecule has 2 aromatic carbocycles. The number of morpholine rings is 1. The summed E-state index contributed by atoms with van der Waals surface area (Å²) in [4.78, 5) is 18.7. The molecule has 0 saturated carbocycles. The molecule has 0 unspecified atom stereocenters. The van der Waals surface area contributed by atoms with Crippen LogP contribution in [0.15, 0.2) is 70.8 Å². The Balaban J connectivity index is 1.65. The molecule has 156 valence electrons. The number of Topliss-reactive ketones (excluding diaryl/α,β-unsaturated/α-hetero) is 1. The molecule has 0 amide bonds. The van der Waals surface area contributed by atoms with Crippen LogP contribution in [-0.2, 0) is 9.53 Å². The van der Waals surface area contributed by atoms with Crippen molar-refractivity contribution in [3.63, 3.8) is 0 Å². The van der Waals surface area contributed by atoms with Crippen LogP contribution in [0.4, 0.5) is 5.69 Å². The number of quaternary nitrogens is 1. The molecule has 5 rings (SSSR count). The number of benzene rings is 2. The number of allylic oxidation sites excluding steroid dienone is 1. The first kappa shape index (κ1) is 19.9. The Morgan fingerprint density at radius 3 is 2.57 bits per heavy atom. The minimum Gasteiger partial charge on any atom is -0.370 e. The van der Waals surface area contributed by atoms with E-state index in [1.165, 1.54) is 26.7 Å². The van der Waals surface area contributed by atoms with Gasteiger partial charge in [0.25, 0.3) is 0 Å². The predicted molar refractivity (Wildman–Crippen MR) is 121 cm³/mol. The summed E-state index contributed by atoms with van der Waals surface area (Å²) in [5.74, 6) is 0.699. The number of thioether (sulfide) groups is 1. The van der Waals surface area contributed by atoms with Gasteiger partial charge in [0.1, 0.15) is 13.1 Å². The summed E-state index contributed by atoms with van der Waals surface area (Å²) in [6.45, 7) is 6.76. The lowest BCUT2D eigenvalue weighted by molar-refractivity contribution is -0.907. The maximum absolute atomic E-state index is 13.4. The fraction of sp³-hybridized carbons (Fsp3) is 0.400. The van der Waals surface area contributed by atoms with Crippen LogP contribution in [-0.4, -0.2) is 38.8 Å². The third-order valence-electron chi connectivity index (χ3n) is 6.36. The van der Waals surface area contributed by atoms with Crippen molar-refractivity contribution < 1.29 is 14.4 Å². The molecule has 0 bridgehead atoms. The molecular formula is C25H29N2O2S+. The number of para-hydroxylation sites is 1. The predicted octanol–water partition coefficient (Wildman–Crippen LogP) is 3.47. The molecule has 30 heavy (non-hydrogen) atoms. The van der Waals surface area contributed by atoms with Crippen molar-refractivity contribution in [2.24, 2.45) is 5.92 Å². The average Bonchev–Trinajstić information content (AvgIpc) is 2.90. The van der Waals surface area contributed by atoms with E-state index < -0.39 is 0 Å². The topological polar surface area (TPSA) is 34.0 Å². The largest absolute Gasteiger partial charge is 0.370 e. The van der Waals surface area contributed by atoms with Gasteiger partial charge in [0.15, 0.2) is 12.5 Å². The molecule has 3 aliphatic rings. The lowest BCUT2D eigenvalue weighted by atomic mass is 9.83. The van der Waals surface area contributed by atoms with E-state index in [1.807, 2.05) is 17.8 Å². The van der Waals surface area contributed by atoms with E-state index in [1.54, 1.807) is 0 Å². The van der Waals surface area contributed by atoms with Gasteiger partial charge >= 0.3 is 0 Å². The van der Waals surface area contributed by atoms with Gasteiger partial charge in [-0.1, -0.05) is 49.4 Å². The van der Waals surface area contributed by atoms with Crippen molar-refractivity contribution in [1.29, 1.82) is 0 Å². The zero-order chi connectivity index (χ0) is 20.5. The number of rotatable bonds is 3. The van der Waals surface area contributed by atoms with Crippen molar-refractivity contribution >= 4 is 23.2 Å². The number of ketones is 1. The van der Waals surface area contributed by atoms with Crippen LogP contribution in [0.5, 0.6) is 0 Å². The zero-order valence-corrected chi connectivity index (χ0v) is 18.3. The maximum Gasteiger partial charge on any atom is 0.162 e. The number of nitrogens with zero attached hydrogens (tertiary/aromatic N) is 1. The van der Waals surface area contributed by atoms with Gasteiger partial charge in [-0.3, -0.25) is 9.69 Å². The molecular weight excluding hydrogens is 392 g/mol. The summed E-state index contributed by atoms with van der Waals surface area (Å²) in [6.07, 6.45) is 1.61. The van der Waals surface area contributed by atoms with Gasteiger partial charge in [-0.25, -0.2) is 0 Å². The molecule has 0 aromatic heterocycles. The molecule has 1 aliphatic carbocycles. The van der Waals surface area contributed by atoms with Crippen LogP contribution < -0.4 is 9.80 Å². The smallest absolute Gasteiger partial charge is 0.162 e. The Hall–Kier alpha value is -2.08. The Morgan fingerprint density at radius 1 is 1.03 bits per heavy atom. The van der Waals surface area contributed by atoms with E-state index in [4.69, 9.17) is 4.74 Å². The molecule has 2 heterocycles. The van der Waals surface area contributed by atoms with Gasteiger partial charge in [0, 0.05) is 22.6 Å². The molecule has 1 fully saturated rings. The van der Waals surface area contributed by atoms with Gasteiger partial charge < -0.3 is 9.64 Å². The van der Waals surface area contributed by atoms with Crippen molar-refractivity contribution in [1.82, 2.24) is 0 Å². The highest BCUT2D eigenvalue weighted by Crippen LogP contribution is 2.51.